The Morgan fingerprint density at radius 3 is 2.71 bits per heavy atom. The summed E-state index contributed by atoms with van der Waals surface area (Å²) in [6.45, 7) is 3.95. The highest BCUT2D eigenvalue weighted by Crippen LogP contribution is 2.37. The van der Waals surface area contributed by atoms with Gasteiger partial charge in [0.25, 0.3) is 0 Å². The Balaban J connectivity index is 2.07. The number of aromatic nitrogens is 3. The number of rotatable bonds is 5. The van der Waals surface area contributed by atoms with Crippen molar-refractivity contribution < 1.29 is 15.0 Å². The fourth-order valence-electron chi connectivity index (χ4n) is 2.88. The summed E-state index contributed by atoms with van der Waals surface area (Å²) < 4.78 is 1.61. The second-order valence-corrected chi connectivity index (χ2v) is 5.69. The number of aliphatic hydroxyl groups is 1. The van der Waals surface area contributed by atoms with Crippen LogP contribution in [0.3, 0.4) is 0 Å². The standard InChI is InChI=1S/C16H19N5O3/c1-9-13(15(17)24)14(10-4-6-11(23)7-5-10)21-16(18-9)19-12(20-21)3-2-8-22/h4-7,13-14,22-23H,1-3,8H2,(H2,17,24)(H,18,19,20)/t13-,14+/m1/s1. The van der Waals surface area contributed by atoms with Gasteiger partial charge in [-0.15, -0.1) is 0 Å². The molecule has 1 aliphatic rings. The molecular weight excluding hydrogens is 310 g/mol. The van der Waals surface area contributed by atoms with Crippen LogP contribution in [-0.4, -0.2) is 37.5 Å². The van der Waals surface area contributed by atoms with E-state index in [1.54, 1.807) is 28.9 Å². The van der Waals surface area contributed by atoms with E-state index in [-0.39, 0.29) is 12.4 Å². The predicted molar refractivity (Wildman–Crippen MR) is 87.1 cm³/mol. The van der Waals surface area contributed by atoms with Gasteiger partial charge in [-0.1, -0.05) is 18.7 Å². The highest BCUT2D eigenvalue weighted by atomic mass is 16.3. The van der Waals surface area contributed by atoms with E-state index in [0.717, 1.165) is 5.56 Å². The number of aromatic hydroxyl groups is 1. The lowest BCUT2D eigenvalue weighted by atomic mass is 9.89. The molecule has 2 aromatic rings. The van der Waals surface area contributed by atoms with E-state index >= 15 is 0 Å². The number of fused-ring (bicyclic) bond motifs is 1. The Bertz CT molecular complexity index is 769. The molecule has 0 spiro atoms. The number of nitrogens with two attached hydrogens (primary N) is 1. The van der Waals surface area contributed by atoms with Gasteiger partial charge in [0.2, 0.25) is 11.9 Å². The van der Waals surface area contributed by atoms with Gasteiger partial charge in [0.1, 0.15) is 11.7 Å². The Morgan fingerprint density at radius 2 is 2.08 bits per heavy atom. The number of primary amides is 1. The molecule has 0 fully saturated rings. The van der Waals surface area contributed by atoms with Crippen LogP contribution in [0.1, 0.15) is 23.9 Å². The van der Waals surface area contributed by atoms with E-state index in [0.29, 0.717) is 30.3 Å². The van der Waals surface area contributed by atoms with Crippen molar-refractivity contribution in [3.63, 3.8) is 0 Å². The number of aliphatic hydroxyl groups excluding tert-OH is 1. The van der Waals surface area contributed by atoms with E-state index in [1.165, 1.54) is 0 Å². The van der Waals surface area contributed by atoms with Crippen molar-refractivity contribution >= 4 is 11.9 Å². The zero-order chi connectivity index (χ0) is 17.3. The highest BCUT2D eigenvalue weighted by molar-refractivity contribution is 5.82. The van der Waals surface area contributed by atoms with Gasteiger partial charge in [-0.2, -0.15) is 10.1 Å². The molecule has 0 aliphatic carbocycles. The molecule has 2 atom stereocenters. The number of anilines is 1. The zero-order valence-corrected chi connectivity index (χ0v) is 13.0. The molecule has 3 rings (SSSR count). The molecule has 1 aliphatic heterocycles. The minimum absolute atomic E-state index is 0.0509. The van der Waals surface area contributed by atoms with Gasteiger partial charge in [0.05, 0.1) is 6.04 Å². The van der Waals surface area contributed by atoms with Crippen molar-refractivity contribution in [2.75, 3.05) is 11.9 Å². The minimum Gasteiger partial charge on any atom is -0.508 e. The zero-order valence-electron chi connectivity index (χ0n) is 13.0. The number of carbonyl (C=O) groups is 1. The molecule has 24 heavy (non-hydrogen) atoms. The monoisotopic (exact) mass is 329 g/mol. The van der Waals surface area contributed by atoms with Crippen molar-refractivity contribution in [2.24, 2.45) is 11.7 Å². The van der Waals surface area contributed by atoms with E-state index in [1.807, 2.05) is 0 Å². The molecule has 0 unspecified atom stereocenters. The van der Waals surface area contributed by atoms with Crippen molar-refractivity contribution in [3.8, 4) is 5.75 Å². The number of nitrogens with zero attached hydrogens (tertiary/aromatic N) is 3. The molecule has 1 amide bonds. The maximum absolute atomic E-state index is 12.0. The van der Waals surface area contributed by atoms with Gasteiger partial charge in [0.15, 0.2) is 5.82 Å². The van der Waals surface area contributed by atoms with Crippen molar-refractivity contribution in [2.45, 2.75) is 18.9 Å². The average Bonchev–Trinajstić information content (AvgIpc) is 2.94. The summed E-state index contributed by atoms with van der Waals surface area (Å²) in [4.78, 5) is 16.4. The fraction of sp³-hybridized carbons (Fsp3) is 0.312. The van der Waals surface area contributed by atoms with Crippen LogP contribution in [0, 0.1) is 5.92 Å². The first-order chi connectivity index (χ1) is 11.5. The van der Waals surface area contributed by atoms with Gasteiger partial charge in [0, 0.05) is 18.7 Å². The first kappa shape index (κ1) is 16.0. The Kier molecular flexibility index (Phi) is 4.22. The third kappa shape index (κ3) is 2.83. The third-order valence-corrected chi connectivity index (χ3v) is 4.00. The van der Waals surface area contributed by atoms with Crippen molar-refractivity contribution in [1.29, 1.82) is 0 Å². The first-order valence-corrected chi connectivity index (χ1v) is 7.61. The van der Waals surface area contributed by atoms with E-state index in [2.05, 4.69) is 22.0 Å². The quantitative estimate of drug-likeness (QED) is 0.634. The molecule has 5 N–H and O–H groups in total. The minimum atomic E-state index is -0.700. The smallest absolute Gasteiger partial charge is 0.229 e. The molecule has 0 saturated carbocycles. The summed E-state index contributed by atoms with van der Waals surface area (Å²) in [5.41, 5.74) is 6.79. The van der Waals surface area contributed by atoms with Crippen LogP contribution in [0.2, 0.25) is 0 Å². The largest absolute Gasteiger partial charge is 0.508 e. The maximum atomic E-state index is 12.0. The molecular formula is C16H19N5O3. The molecule has 2 heterocycles. The topological polar surface area (TPSA) is 126 Å². The molecule has 1 aromatic heterocycles. The lowest BCUT2D eigenvalue weighted by Gasteiger charge is -2.32. The summed E-state index contributed by atoms with van der Waals surface area (Å²) in [7, 11) is 0. The third-order valence-electron chi connectivity index (χ3n) is 4.00. The van der Waals surface area contributed by atoms with E-state index in [4.69, 9.17) is 10.8 Å². The second-order valence-electron chi connectivity index (χ2n) is 5.69. The Labute approximate surface area is 138 Å². The Morgan fingerprint density at radius 1 is 1.38 bits per heavy atom. The van der Waals surface area contributed by atoms with Gasteiger partial charge >= 0.3 is 0 Å². The van der Waals surface area contributed by atoms with Gasteiger partial charge in [-0.05, 0) is 24.1 Å². The molecule has 126 valence electrons. The second kappa shape index (κ2) is 6.32. The molecule has 8 nitrogen and oxygen atoms in total. The van der Waals surface area contributed by atoms with E-state index in [9.17, 15) is 9.90 Å². The number of nitrogens with one attached hydrogen (secondary N) is 1. The summed E-state index contributed by atoms with van der Waals surface area (Å²) in [6.07, 6.45) is 1.07. The molecule has 8 heteroatoms. The van der Waals surface area contributed by atoms with E-state index < -0.39 is 17.9 Å². The number of carbonyl (C=O) groups excluding carboxylic acids is 1. The maximum Gasteiger partial charge on any atom is 0.229 e. The fourth-order valence-corrected chi connectivity index (χ4v) is 2.88. The van der Waals surface area contributed by atoms with Gasteiger partial charge in [-0.3, -0.25) is 4.79 Å². The summed E-state index contributed by atoms with van der Waals surface area (Å²) in [5, 5.41) is 25.9. The number of hydrogen-bond donors (Lipinski definition) is 4. The number of phenolic OH excluding ortho intramolecular Hbond substituents is 1. The van der Waals surface area contributed by atoms with Crippen LogP contribution in [0.25, 0.3) is 0 Å². The molecule has 0 radical (unpaired) electrons. The summed E-state index contributed by atoms with van der Waals surface area (Å²) in [5.74, 6) is -0.0561. The lowest BCUT2D eigenvalue weighted by Crippen LogP contribution is -2.40. The van der Waals surface area contributed by atoms with Crippen molar-refractivity contribution in [1.82, 2.24) is 14.8 Å². The van der Waals surface area contributed by atoms with Crippen LogP contribution in [0.15, 0.2) is 36.5 Å². The SMILES string of the molecule is C=C1Nc2nc(CCCO)nn2[C@@H](c2ccc(O)cc2)[C@@H]1C(N)=O. The molecule has 1 aromatic carbocycles. The van der Waals surface area contributed by atoms with Gasteiger partial charge < -0.3 is 21.3 Å². The van der Waals surface area contributed by atoms with Crippen LogP contribution < -0.4 is 11.1 Å². The normalized spacial score (nSPS) is 19.6. The Hall–Kier alpha value is -2.87. The number of phenols is 1. The average molecular weight is 329 g/mol. The van der Waals surface area contributed by atoms with Crippen LogP contribution in [0.4, 0.5) is 5.95 Å². The van der Waals surface area contributed by atoms with Crippen LogP contribution >= 0.6 is 0 Å². The number of amides is 1. The highest BCUT2D eigenvalue weighted by Gasteiger charge is 2.38. The number of benzene rings is 1. The van der Waals surface area contributed by atoms with Crippen LogP contribution in [0.5, 0.6) is 5.75 Å². The molecule has 0 saturated heterocycles. The first-order valence-electron chi connectivity index (χ1n) is 7.61. The van der Waals surface area contributed by atoms with Crippen molar-refractivity contribution in [3.05, 3.63) is 47.9 Å². The number of aryl methyl sites for hydroxylation is 1. The van der Waals surface area contributed by atoms with Crippen LogP contribution in [-0.2, 0) is 11.2 Å². The van der Waals surface area contributed by atoms with Gasteiger partial charge in [-0.25, -0.2) is 4.68 Å². The molecule has 0 bridgehead atoms. The lowest BCUT2D eigenvalue weighted by molar-refractivity contribution is -0.121. The summed E-state index contributed by atoms with van der Waals surface area (Å²) >= 11 is 0. The predicted octanol–water partition coefficient (Wildman–Crippen LogP) is 0.539. The number of hydrogen-bond acceptors (Lipinski definition) is 6. The summed E-state index contributed by atoms with van der Waals surface area (Å²) in [6, 6.07) is 6.02.